The zero-order valence-corrected chi connectivity index (χ0v) is 11.0. The van der Waals surface area contributed by atoms with Gasteiger partial charge in [0.25, 0.3) is 0 Å². The number of nitrogens with two attached hydrogens (primary N) is 1. The highest BCUT2D eigenvalue weighted by molar-refractivity contribution is 7.91. The van der Waals surface area contributed by atoms with Crippen LogP contribution in [0.1, 0.15) is 24.1 Å². The Kier molecular flexibility index (Phi) is 4.31. The molecule has 0 aliphatic carbocycles. The molecular formula is C12H18N2O3S. The maximum Gasteiger partial charge on any atom is 0.157 e. The van der Waals surface area contributed by atoms with Crippen LogP contribution < -0.4 is 5.73 Å². The Labute approximate surface area is 107 Å². The summed E-state index contributed by atoms with van der Waals surface area (Å²) in [5.74, 6) is 0.0258. The van der Waals surface area contributed by atoms with Crippen molar-refractivity contribution in [3.05, 3.63) is 29.6 Å². The van der Waals surface area contributed by atoms with Crippen LogP contribution in [-0.4, -0.2) is 31.9 Å². The lowest BCUT2D eigenvalue weighted by molar-refractivity contribution is 0.0983. The molecule has 2 N–H and O–H groups in total. The lowest BCUT2D eigenvalue weighted by Crippen LogP contribution is -2.30. The molecule has 0 aromatic carbocycles. The molecule has 100 valence electrons. The molecule has 1 saturated heterocycles. The van der Waals surface area contributed by atoms with Crippen molar-refractivity contribution in [2.24, 2.45) is 5.73 Å². The molecule has 5 nitrogen and oxygen atoms in total. The molecule has 0 atom stereocenters. The van der Waals surface area contributed by atoms with Crippen molar-refractivity contribution in [2.75, 3.05) is 13.2 Å². The number of aromatic nitrogens is 1. The monoisotopic (exact) mass is 270 g/mol. The molecule has 0 bridgehead atoms. The van der Waals surface area contributed by atoms with Gasteiger partial charge in [-0.25, -0.2) is 8.42 Å². The van der Waals surface area contributed by atoms with Crippen LogP contribution in [0.25, 0.3) is 0 Å². The van der Waals surface area contributed by atoms with E-state index in [2.05, 4.69) is 4.98 Å². The van der Waals surface area contributed by atoms with E-state index in [-0.39, 0.29) is 17.5 Å². The molecule has 1 aliphatic rings. The third kappa shape index (κ3) is 3.07. The second-order valence-electron chi connectivity index (χ2n) is 4.43. The van der Waals surface area contributed by atoms with Crippen molar-refractivity contribution < 1.29 is 13.2 Å². The van der Waals surface area contributed by atoms with Crippen LogP contribution in [0.3, 0.4) is 0 Å². The van der Waals surface area contributed by atoms with Gasteiger partial charge in [0.15, 0.2) is 9.84 Å². The standard InChI is InChI=1S/C12H18N2O3S/c13-8-12-10(2-1-5-14-12)9-18(15,16)11-3-6-17-7-4-11/h1-2,5,11H,3-4,6-9,13H2. The zero-order chi connectivity index (χ0) is 13.0. The number of hydrogen-bond donors (Lipinski definition) is 1. The molecule has 0 radical (unpaired) electrons. The molecule has 2 rings (SSSR count). The lowest BCUT2D eigenvalue weighted by Gasteiger charge is -2.22. The Hall–Kier alpha value is -0.980. The number of pyridine rings is 1. The summed E-state index contributed by atoms with van der Waals surface area (Å²) in [7, 11) is -3.14. The van der Waals surface area contributed by atoms with Crippen LogP contribution in [-0.2, 0) is 26.9 Å². The Balaban J connectivity index is 2.16. The van der Waals surface area contributed by atoms with Crippen molar-refractivity contribution in [3.8, 4) is 0 Å². The van der Waals surface area contributed by atoms with E-state index in [1.165, 1.54) is 0 Å². The molecule has 1 fully saturated rings. The van der Waals surface area contributed by atoms with E-state index in [1.54, 1.807) is 18.3 Å². The molecular weight excluding hydrogens is 252 g/mol. The third-order valence-electron chi connectivity index (χ3n) is 3.21. The summed E-state index contributed by atoms with van der Waals surface area (Å²) in [5, 5.41) is -0.294. The van der Waals surface area contributed by atoms with Crippen molar-refractivity contribution in [3.63, 3.8) is 0 Å². The summed E-state index contributed by atoms with van der Waals surface area (Å²) in [6.07, 6.45) is 2.80. The predicted molar refractivity (Wildman–Crippen MR) is 68.6 cm³/mol. The first-order valence-electron chi connectivity index (χ1n) is 6.05. The van der Waals surface area contributed by atoms with Gasteiger partial charge < -0.3 is 10.5 Å². The molecule has 18 heavy (non-hydrogen) atoms. The summed E-state index contributed by atoms with van der Waals surface area (Å²) < 4.78 is 29.8. The van der Waals surface area contributed by atoms with Crippen molar-refractivity contribution in [1.29, 1.82) is 0 Å². The predicted octanol–water partition coefficient (Wildman–Crippen LogP) is 0.634. The van der Waals surface area contributed by atoms with Crippen LogP contribution >= 0.6 is 0 Å². The highest BCUT2D eigenvalue weighted by atomic mass is 32.2. The fourth-order valence-corrected chi connectivity index (χ4v) is 4.00. The molecule has 2 heterocycles. The van der Waals surface area contributed by atoms with Crippen molar-refractivity contribution in [1.82, 2.24) is 4.98 Å². The maximum atomic E-state index is 12.3. The third-order valence-corrected chi connectivity index (χ3v) is 5.41. The molecule has 6 heteroatoms. The Bertz CT molecular complexity index is 496. The molecule has 0 amide bonds. The van der Waals surface area contributed by atoms with Crippen LogP contribution in [0, 0.1) is 0 Å². The average Bonchev–Trinajstić information content (AvgIpc) is 2.40. The molecule has 0 saturated carbocycles. The molecule has 0 spiro atoms. The van der Waals surface area contributed by atoms with Gasteiger partial charge in [0, 0.05) is 26.0 Å². The van der Waals surface area contributed by atoms with E-state index in [4.69, 9.17) is 10.5 Å². The van der Waals surface area contributed by atoms with E-state index in [1.807, 2.05) is 0 Å². The molecule has 1 aromatic heterocycles. The topological polar surface area (TPSA) is 82.3 Å². The van der Waals surface area contributed by atoms with Gasteiger partial charge in [0.1, 0.15) is 0 Å². The van der Waals surface area contributed by atoms with Gasteiger partial charge in [-0.05, 0) is 24.5 Å². The van der Waals surface area contributed by atoms with E-state index < -0.39 is 9.84 Å². The highest BCUT2D eigenvalue weighted by Gasteiger charge is 2.28. The molecule has 0 unspecified atom stereocenters. The number of ether oxygens (including phenoxy) is 1. The summed E-state index contributed by atoms with van der Waals surface area (Å²) >= 11 is 0. The number of nitrogens with zero attached hydrogens (tertiary/aromatic N) is 1. The Morgan fingerprint density at radius 1 is 1.39 bits per heavy atom. The van der Waals surface area contributed by atoms with E-state index in [0.29, 0.717) is 37.3 Å². The second kappa shape index (κ2) is 5.77. The largest absolute Gasteiger partial charge is 0.381 e. The fourth-order valence-electron chi connectivity index (χ4n) is 2.16. The Morgan fingerprint density at radius 2 is 2.11 bits per heavy atom. The Morgan fingerprint density at radius 3 is 2.78 bits per heavy atom. The van der Waals surface area contributed by atoms with Crippen LogP contribution in [0.4, 0.5) is 0 Å². The minimum atomic E-state index is -3.14. The first-order chi connectivity index (χ1) is 8.63. The first kappa shape index (κ1) is 13.5. The average molecular weight is 270 g/mol. The SMILES string of the molecule is NCc1ncccc1CS(=O)(=O)C1CCOCC1. The summed E-state index contributed by atoms with van der Waals surface area (Å²) in [6, 6.07) is 3.53. The summed E-state index contributed by atoms with van der Waals surface area (Å²) in [4.78, 5) is 4.11. The van der Waals surface area contributed by atoms with E-state index in [0.717, 1.165) is 0 Å². The van der Waals surface area contributed by atoms with Crippen LogP contribution in [0.15, 0.2) is 18.3 Å². The van der Waals surface area contributed by atoms with E-state index in [9.17, 15) is 8.42 Å². The maximum absolute atomic E-state index is 12.3. The normalized spacial score (nSPS) is 17.8. The van der Waals surface area contributed by atoms with Crippen molar-refractivity contribution >= 4 is 9.84 Å². The summed E-state index contributed by atoms with van der Waals surface area (Å²) in [5.41, 5.74) is 6.95. The smallest absolute Gasteiger partial charge is 0.157 e. The second-order valence-corrected chi connectivity index (χ2v) is 6.71. The minimum absolute atomic E-state index is 0.0258. The van der Waals surface area contributed by atoms with E-state index >= 15 is 0 Å². The first-order valence-corrected chi connectivity index (χ1v) is 7.77. The van der Waals surface area contributed by atoms with Gasteiger partial charge in [0.05, 0.1) is 16.7 Å². The zero-order valence-electron chi connectivity index (χ0n) is 10.2. The highest BCUT2D eigenvalue weighted by Crippen LogP contribution is 2.21. The quantitative estimate of drug-likeness (QED) is 0.868. The van der Waals surface area contributed by atoms with Gasteiger partial charge in [-0.1, -0.05) is 6.07 Å². The lowest BCUT2D eigenvalue weighted by atomic mass is 10.2. The van der Waals surface area contributed by atoms with Crippen LogP contribution in [0.2, 0.25) is 0 Å². The number of rotatable bonds is 4. The number of sulfone groups is 1. The van der Waals surface area contributed by atoms with Gasteiger partial charge in [-0.3, -0.25) is 4.98 Å². The van der Waals surface area contributed by atoms with Gasteiger partial charge in [-0.2, -0.15) is 0 Å². The van der Waals surface area contributed by atoms with Crippen LogP contribution in [0.5, 0.6) is 0 Å². The fraction of sp³-hybridized carbons (Fsp3) is 0.583. The van der Waals surface area contributed by atoms with Gasteiger partial charge >= 0.3 is 0 Å². The minimum Gasteiger partial charge on any atom is -0.381 e. The van der Waals surface area contributed by atoms with Crippen molar-refractivity contribution in [2.45, 2.75) is 30.4 Å². The molecule has 1 aliphatic heterocycles. The van der Waals surface area contributed by atoms with Gasteiger partial charge in [0.2, 0.25) is 0 Å². The molecule has 1 aromatic rings. The number of hydrogen-bond acceptors (Lipinski definition) is 5. The summed E-state index contributed by atoms with van der Waals surface area (Å²) in [6.45, 7) is 1.32. The van der Waals surface area contributed by atoms with Gasteiger partial charge in [-0.15, -0.1) is 0 Å².